The van der Waals surface area contributed by atoms with Crippen molar-refractivity contribution < 1.29 is 22.7 Å². The maximum Gasteiger partial charge on any atom is 0.357 e. The zero-order chi connectivity index (χ0) is 17.2. The summed E-state index contributed by atoms with van der Waals surface area (Å²) in [6.07, 6.45) is 1.08. The Morgan fingerprint density at radius 2 is 2.17 bits per heavy atom. The molecule has 0 radical (unpaired) electrons. The van der Waals surface area contributed by atoms with Crippen LogP contribution in [0.1, 0.15) is 34.9 Å². The van der Waals surface area contributed by atoms with E-state index in [2.05, 4.69) is 4.98 Å². The number of rotatable bonds is 6. The Morgan fingerprint density at radius 1 is 1.48 bits per heavy atom. The summed E-state index contributed by atoms with van der Waals surface area (Å²) in [7, 11) is -1.97. The lowest BCUT2D eigenvalue weighted by Gasteiger charge is -2.24. The fourth-order valence-electron chi connectivity index (χ4n) is 2.04. The first-order valence-electron chi connectivity index (χ1n) is 6.69. The molecule has 0 aliphatic heterocycles. The van der Waals surface area contributed by atoms with Crippen molar-refractivity contribution in [1.29, 1.82) is 0 Å². The molecular weight excluding hydrogens is 322 g/mol. The number of sulfonamides is 1. The zero-order valence-corrected chi connectivity index (χ0v) is 13.4. The van der Waals surface area contributed by atoms with Crippen LogP contribution in [-0.2, 0) is 16.6 Å². The Bertz CT molecular complexity index is 815. The molecule has 0 saturated heterocycles. The molecule has 8 nitrogen and oxygen atoms in total. The maximum atomic E-state index is 11.4. The van der Waals surface area contributed by atoms with Crippen molar-refractivity contribution >= 4 is 16.0 Å². The van der Waals surface area contributed by atoms with Crippen molar-refractivity contribution in [2.45, 2.75) is 24.4 Å². The smallest absolute Gasteiger partial charge is 0.357 e. The van der Waals surface area contributed by atoms with Gasteiger partial charge in [0.2, 0.25) is 15.9 Å². The van der Waals surface area contributed by atoms with Gasteiger partial charge in [-0.2, -0.15) is 0 Å². The Balaban J connectivity index is 2.15. The van der Waals surface area contributed by atoms with Crippen LogP contribution in [0.5, 0.6) is 0 Å². The van der Waals surface area contributed by atoms with Gasteiger partial charge < -0.3 is 9.52 Å². The summed E-state index contributed by atoms with van der Waals surface area (Å²) >= 11 is 0. The highest BCUT2D eigenvalue weighted by Crippen LogP contribution is 2.22. The van der Waals surface area contributed by atoms with Gasteiger partial charge in [-0.25, -0.2) is 23.3 Å². The second-order valence-corrected chi connectivity index (χ2v) is 6.70. The fourth-order valence-corrected chi connectivity index (χ4v) is 2.61. The van der Waals surface area contributed by atoms with Crippen LogP contribution in [0.2, 0.25) is 0 Å². The Labute approximate surface area is 133 Å². The van der Waals surface area contributed by atoms with Gasteiger partial charge in [0.05, 0.1) is 11.4 Å². The van der Waals surface area contributed by atoms with E-state index in [1.807, 2.05) is 11.8 Å². The van der Waals surface area contributed by atoms with Crippen molar-refractivity contribution in [2.24, 2.45) is 5.14 Å². The monoisotopic (exact) mass is 339 g/mol. The molecule has 23 heavy (non-hydrogen) atoms. The number of nitrogens with two attached hydrogens (primary N) is 1. The Kier molecular flexibility index (Phi) is 4.83. The van der Waals surface area contributed by atoms with Gasteiger partial charge in [-0.05, 0) is 31.7 Å². The number of aromatic nitrogens is 1. The summed E-state index contributed by atoms with van der Waals surface area (Å²) in [4.78, 5) is 16.5. The van der Waals surface area contributed by atoms with Crippen LogP contribution in [0, 0.1) is 0 Å². The van der Waals surface area contributed by atoms with Crippen molar-refractivity contribution in [2.75, 3.05) is 7.05 Å². The predicted molar refractivity (Wildman–Crippen MR) is 81.2 cm³/mol. The third-order valence-electron chi connectivity index (χ3n) is 3.49. The summed E-state index contributed by atoms with van der Waals surface area (Å²) < 4.78 is 27.9. The van der Waals surface area contributed by atoms with Crippen LogP contribution in [0.25, 0.3) is 0 Å². The number of aromatic carboxylic acids is 1. The summed E-state index contributed by atoms with van der Waals surface area (Å²) in [5.74, 6) is -0.893. The van der Waals surface area contributed by atoms with E-state index in [4.69, 9.17) is 14.7 Å². The molecule has 0 saturated carbocycles. The van der Waals surface area contributed by atoms with E-state index in [0.29, 0.717) is 0 Å². The molecule has 2 aromatic rings. The molecule has 1 unspecified atom stereocenters. The SMILES string of the molecule is CC(c1cccc(S(N)(=O)=O)c1)N(C)Cc1nc(C(=O)O)co1. The molecule has 1 heterocycles. The fraction of sp³-hybridized carbons (Fsp3) is 0.286. The summed E-state index contributed by atoms with van der Waals surface area (Å²) in [5.41, 5.74) is 0.598. The van der Waals surface area contributed by atoms with Crippen LogP contribution in [0.4, 0.5) is 0 Å². The molecule has 1 aromatic carbocycles. The van der Waals surface area contributed by atoms with Gasteiger partial charge >= 0.3 is 5.97 Å². The lowest BCUT2D eigenvalue weighted by molar-refractivity contribution is 0.0690. The Hall–Kier alpha value is -2.23. The van der Waals surface area contributed by atoms with Crippen LogP contribution in [0.15, 0.2) is 39.8 Å². The van der Waals surface area contributed by atoms with Crippen LogP contribution in [-0.4, -0.2) is 36.4 Å². The third kappa shape index (κ3) is 4.15. The number of hydrogen-bond acceptors (Lipinski definition) is 6. The summed E-state index contributed by atoms with van der Waals surface area (Å²) in [6, 6.07) is 6.19. The molecule has 0 aliphatic carbocycles. The second-order valence-electron chi connectivity index (χ2n) is 5.14. The molecule has 0 aliphatic rings. The standard InChI is InChI=1S/C14H17N3O5S/c1-9(10-4-3-5-11(6-10)23(15,20)21)17(2)7-13-16-12(8-22-13)14(18)19/h3-6,8-9H,7H2,1-2H3,(H,18,19)(H2,15,20,21). The maximum absolute atomic E-state index is 11.4. The minimum absolute atomic E-state index is 0.0412. The molecule has 9 heteroatoms. The van der Waals surface area contributed by atoms with Crippen molar-refractivity contribution in [3.05, 3.63) is 47.7 Å². The van der Waals surface area contributed by atoms with Gasteiger partial charge in [0, 0.05) is 6.04 Å². The van der Waals surface area contributed by atoms with Gasteiger partial charge in [-0.1, -0.05) is 12.1 Å². The number of carbonyl (C=O) groups is 1. The lowest BCUT2D eigenvalue weighted by atomic mass is 10.1. The van der Waals surface area contributed by atoms with E-state index in [0.717, 1.165) is 11.8 Å². The van der Waals surface area contributed by atoms with Crippen molar-refractivity contribution in [1.82, 2.24) is 9.88 Å². The minimum Gasteiger partial charge on any atom is -0.476 e. The summed E-state index contributed by atoms with van der Waals surface area (Å²) in [6.45, 7) is 2.15. The van der Waals surface area contributed by atoms with Crippen LogP contribution < -0.4 is 5.14 Å². The molecule has 0 bridgehead atoms. The van der Waals surface area contributed by atoms with E-state index in [1.165, 1.54) is 12.1 Å². The third-order valence-corrected chi connectivity index (χ3v) is 4.40. The Morgan fingerprint density at radius 3 is 2.74 bits per heavy atom. The highest BCUT2D eigenvalue weighted by atomic mass is 32.2. The van der Waals surface area contributed by atoms with Crippen LogP contribution in [0.3, 0.4) is 0 Å². The van der Waals surface area contributed by atoms with Gasteiger partial charge in [0.1, 0.15) is 6.26 Å². The highest BCUT2D eigenvalue weighted by Gasteiger charge is 2.18. The first-order chi connectivity index (χ1) is 10.7. The lowest BCUT2D eigenvalue weighted by Crippen LogP contribution is -2.22. The van der Waals surface area contributed by atoms with Crippen molar-refractivity contribution in [3.8, 4) is 0 Å². The van der Waals surface area contributed by atoms with E-state index in [-0.39, 0.29) is 29.1 Å². The van der Waals surface area contributed by atoms with Gasteiger partial charge in [0.25, 0.3) is 0 Å². The molecule has 1 atom stereocenters. The topological polar surface area (TPSA) is 127 Å². The molecule has 1 aromatic heterocycles. The number of hydrogen-bond donors (Lipinski definition) is 2. The summed E-state index contributed by atoms with van der Waals surface area (Å²) in [5, 5.41) is 14.0. The normalized spacial score (nSPS) is 13.2. The number of carboxylic acid groups (broad SMARTS) is 1. The molecule has 2 rings (SSSR count). The van der Waals surface area contributed by atoms with Gasteiger partial charge in [0.15, 0.2) is 5.69 Å². The van der Waals surface area contributed by atoms with E-state index >= 15 is 0 Å². The molecule has 3 N–H and O–H groups in total. The van der Waals surface area contributed by atoms with Gasteiger partial charge in [-0.15, -0.1) is 0 Å². The largest absolute Gasteiger partial charge is 0.476 e. The first-order valence-corrected chi connectivity index (χ1v) is 8.24. The minimum atomic E-state index is -3.76. The van der Waals surface area contributed by atoms with Gasteiger partial charge in [-0.3, -0.25) is 4.90 Å². The van der Waals surface area contributed by atoms with E-state index in [9.17, 15) is 13.2 Å². The number of oxazole rings is 1. The quantitative estimate of drug-likeness (QED) is 0.810. The first kappa shape index (κ1) is 17.1. The number of benzene rings is 1. The molecule has 124 valence electrons. The molecule has 0 amide bonds. The highest BCUT2D eigenvalue weighted by molar-refractivity contribution is 7.89. The van der Waals surface area contributed by atoms with Crippen LogP contribution >= 0.6 is 0 Å². The molecular formula is C14H17N3O5S. The predicted octanol–water partition coefficient (Wildman–Crippen LogP) is 1.21. The van der Waals surface area contributed by atoms with E-state index in [1.54, 1.807) is 19.2 Å². The zero-order valence-electron chi connectivity index (χ0n) is 12.6. The average Bonchev–Trinajstić information content (AvgIpc) is 2.94. The number of nitrogens with zero attached hydrogens (tertiary/aromatic N) is 2. The average molecular weight is 339 g/mol. The van der Waals surface area contributed by atoms with Crippen molar-refractivity contribution in [3.63, 3.8) is 0 Å². The molecule has 0 spiro atoms. The second kappa shape index (κ2) is 6.49. The number of primary sulfonamides is 1. The number of carboxylic acids is 1. The van der Waals surface area contributed by atoms with E-state index < -0.39 is 16.0 Å². The molecule has 0 fully saturated rings.